The highest BCUT2D eigenvalue weighted by molar-refractivity contribution is 7.87. The number of nitrogens with one attached hydrogen (secondary N) is 1. The lowest BCUT2D eigenvalue weighted by molar-refractivity contribution is -0.136. The Bertz CT molecular complexity index is 283. The highest BCUT2D eigenvalue weighted by Gasteiger charge is 2.29. The Morgan fingerprint density at radius 2 is 2.08 bits per heavy atom. The van der Waals surface area contributed by atoms with Crippen LogP contribution in [0.2, 0.25) is 0 Å². The molecule has 0 aromatic carbocycles. The number of carbonyl (C=O) groups is 2. The molecule has 0 aliphatic heterocycles. The number of carbonyl (C=O) groups excluding carboxylic acids is 1. The molecule has 1 amide bonds. The summed E-state index contributed by atoms with van der Waals surface area (Å²) >= 11 is 0. The van der Waals surface area contributed by atoms with Gasteiger partial charge in [0.2, 0.25) is 6.41 Å². The van der Waals surface area contributed by atoms with Gasteiger partial charge in [-0.3, -0.25) is 14.1 Å². The molecule has 0 bridgehead atoms. The first-order valence-electron chi connectivity index (χ1n) is 3.25. The summed E-state index contributed by atoms with van der Waals surface area (Å²) in [5.41, 5.74) is 0. The molecule has 0 spiro atoms. The van der Waals surface area contributed by atoms with E-state index >= 15 is 0 Å². The van der Waals surface area contributed by atoms with Crippen molar-refractivity contribution in [3.8, 4) is 0 Å². The Balaban J connectivity index is 4.29. The Kier molecular flexibility index (Phi) is 4.35. The van der Waals surface area contributed by atoms with Gasteiger partial charge in [0.1, 0.15) is 0 Å². The van der Waals surface area contributed by atoms with E-state index in [2.05, 4.69) is 5.32 Å². The van der Waals surface area contributed by atoms with E-state index in [9.17, 15) is 18.0 Å². The molecule has 8 heteroatoms. The van der Waals surface area contributed by atoms with E-state index < -0.39 is 21.3 Å². The molecule has 0 saturated carbocycles. The van der Waals surface area contributed by atoms with Crippen LogP contribution in [-0.2, 0) is 19.7 Å². The van der Waals surface area contributed by atoms with Gasteiger partial charge in [-0.15, -0.1) is 0 Å². The van der Waals surface area contributed by atoms with Crippen LogP contribution in [0.25, 0.3) is 0 Å². The van der Waals surface area contributed by atoms with E-state index in [0.29, 0.717) is 6.41 Å². The molecule has 1 unspecified atom stereocenters. The fourth-order valence-corrected chi connectivity index (χ4v) is 1.34. The van der Waals surface area contributed by atoms with E-state index in [1.807, 2.05) is 0 Å². The zero-order valence-electron chi connectivity index (χ0n) is 6.50. The van der Waals surface area contributed by atoms with E-state index in [4.69, 9.17) is 9.66 Å². The lowest BCUT2D eigenvalue weighted by Gasteiger charge is -2.07. The highest BCUT2D eigenvalue weighted by Crippen LogP contribution is 2.03. The largest absolute Gasteiger partial charge is 0.480 e. The van der Waals surface area contributed by atoms with Crippen LogP contribution in [0, 0.1) is 0 Å². The number of carboxylic acid groups (broad SMARTS) is 1. The van der Waals surface area contributed by atoms with Gasteiger partial charge in [0, 0.05) is 6.54 Å². The summed E-state index contributed by atoms with van der Waals surface area (Å²) in [5.74, 6) is -1.64. The number of hydrogen-bond acceptors (Lipinski definition) is 4. The van der Waals surface area contributed by atoms with Crippen molar-refractivity contribution in [2.75, 3.05) is 6.54 Å². The molecule has 0 saturated heterocycles. The molecule has 76 valence electrons. The third-order valence-electron chi connectivity index (χ3n) is 1.27. The van der Waals surface area contributed by atoms with Crippen molar-refractivity contribution in [1.29, 1.82) is 0 Å². The van der Waals surface area contributed by atoms with Crippen molar-refractivity contribution < 1.29 is 27.7 Å². The zero-order valence-corrected chi connectivity index (χ0v) is 7.32. The topological polar surface area (TPSA) is 121 Å². The SMILES string of the molecule is O=CNCCC(C(=O)O)S(=O)(=O)O. The second-order valence-corrected chi connectivity index (χ2v) is 3.80. The van der Waals surface area contributed by atoms with E-state index in [1.165, 1.54) is 0 Å². The van der Waals surface area contributed by atoms with Gasteiger partial charge in [-0.1, -0.05) is 0 Å². The molecule has 0 aromatic heterocycles. The Labute approximate surface area is 74.5 Å². The van der Waals surface area contributed by atoms with Crippen molar-refractivity contribution >= 4 is 22.5 Å². The van der Waals surface area contributed by atoms with Gasteiger partial charge in [-0.05, 0) is 6.42 Å². The average Bonchev–Trinajstić information content (AvgIpc) is 1.94. The fourth-order valence-electron chi connectivity index (χ4n) is 0.673. The highest BCUT2D eigenvalue weighted by atomic mass is 32.2. The first-order chi connectivity index (χ1) is 5.89. The quantitative estimate of drug-likeness (QED) is 0.278. The molecule has 0 aliphatic rings. The minimum Gasteiger partial charge on any atom is -0.480 e. The number of carboxylic acids is 1. The summed E-state index contributed by atoms with van der Waals surface area (Å²) < 4.78 is 29.3. The summed E-state index contributed by atoms with van der Waals surface area (Å²) in [4.78, 5) is 20.0. The van der Waals surface area contributed by atoms with Gasteiger partial charge >= 0.3 is 5.97 Å². The molecule has 13 heavy (non-hydrogen) atoms. The molecule has 0 fully saturated rings. The first-order valence-corrected chi connectivity index (χ1v) is 4.76. The normalized spacial score (nSPS) is 13.3. The van der Waals surface area contributed by atoms with Gasteiger partial charge in [-0.25, -0.2) is 0 Å². The van der Waals surface area contributed by atoms with Crippen LogP contribution in [0.5, 0.6) is 0 Å². The Morgan fingerprint density at radius 1 is 1.54 bits per heavy atom. The Hall–Kier alpha value is -1.15. The molecule has 1 atom stereocenters. The third-order valence-corrected chi connectivity index (χ3v) is 2.43. The van der Waals surface area contributed by atoms with Crippen molar-refractivity contribution in [2.45, 2.75) is 11.7 Å². The van der Waals surface area contributed by atoms with Crippen molar-refractivity contribution in [3.05, 3.63) is 0 Å². The molecule has 0 rings (SSSR count). The monoisotopic (exact) mass is 211 g/mol. The predicted octanol–water partition coefficient (Wildman–Crippen LogP) is -1.54. The van der Waals surface area contributed by atoms with Gasteiger partial charge < -0.3 is 10.4 Å². The maximum absolute atomic E-state index is 10.4. The second-order valence-electron chi connectivity index (χ2n) is 2.20. The summed E-state index contributed by atoms with van der Waals surface area (Å²) in [6.07, 6.45) is -0.0597. The number of rotatable bonds is 6. The first kappa shape index (κ1) is 11.8. The minimum atomic E-state index is -4.60. The molecular formula is C5H9NO6S. The standard InChI is InChI=1S/C5H9NO6S/c7-3-6-2-1-4(5(8)9)13(10,11)12/h3-4H,1-2H2,(H,6,7)(H,8,9)(H,10,11,12). The lowest BCUT2D eigenvalue weighted by atomic mass is 10.3. The maximum atomic E-state index is 10.4. The molecule has 7 nitrogen and oxygen atoms in total. The van der Waals surface area contributed by atoms with Crippen LogP contribution in [-0.4, -0.2) is 42.3 Å². The minimum absolute atomic E-state index is 0.125. The van der Waals surface area contributed by atoms with Gasteiger partial charge in [-0.2, -0.15) is 8.42 Å². The smallest absolute Gasteiger partial charge is 0.324 e. The molecule has 0 aliphatic carbocycles. The summed E-state index contributed by atoms with van der Waals surface area (Å²) in [7, 11) is -4.60. The summed E-state index contributed by atoms with van der Waals surface area (Å²) in [6, 6.07) is 0. The van der Waals surface area contributed by atoms with E-state index in [0.717, 1.165) is 0 Å². The molecular weight excluding hydrogens is 202 g/mol. The van der Waals surface area contributed by atoms with Crippen molar-refractivity contribution in [2.24, 2.45) is 0 Å². The number of hydrogen-bond donors (Lipinski definition) is 3. The van der Waals surface area contributed by atoms with Crippen LogP contribution in [0.15, 0.2) is 0 Å². The van der Waals surface area contributed by atoms with E-state index in [1.54, 1.807) is 0 Å². The van der Waals surface area contributed by atoms with E-state index in [-0.39, 0.29) is 13.0 Å². The Morgan fingerprint density at radius 3 is 2.38 bits per heavy atom. The lowest BCUT2D eigenvalue weighted by Crippen LogP contribution is -2.32. The molecule has 0 aromatic rings. The molecule has 0 radical (unpaired) electrons. The van der Waals surface area contributed by atoms with Crippen molar-refractivity contribution in [3.63, 3.8) is 0 Å². The van der Waals surface area contributed by atoms with Crippen LogP contribution in [0.3, 0.4) is 0 Å². The average molecular weight is 211 g/mol. The van der Waals surface area contributed by atoms with Crippen LogP contribution in [0.1, 0.15) is 6.42 Å². The van der Waals surface area contributed by atoms with Gasteiger partial charge in [0.05, 0.1) is 0 Å². The maximum Gasteiger partial charge on any atom is 0.324 e. The zero-order chi connectivity index (χ0) is 10.5. The van der Waals surface area contributed by atoms with Crippen LogP contribution in [0.4, 0.5) is 0 Å². The van der Waals surface area contributed by atoms with Crippen LogP contribution >= 0.6 is 0 Å². The molecule has 3 N–H and O–H groups in total. The van der Waals surface area contributed by atoms with Crippen molar-refractivity contribution in [1.82, 2.24) is 5.32 Å². The summed E-state index contributed by atoms with van der Waals surface area (Å²) in [6.45, 7) is -0.125. The number of aliphatic carboxylic acids is 1. The number of amides is 1. The second kappa shape index (κ2) is 4.77. The molecule has 0 heterocycles. The fraction of sp³-hybridized carbons (Fsp3) is 0.600. The van der Waals surface area contributed by atoms with Crippen LogP contribution < -0.4 is 5.32 Å². The van der Waals surface area contributed by atoms with Gasteiger partial charge in [0.15, 0.2) is 5.25 Å². The summed E-state index contributed by atoms with van der Waals surface area (Å²) in [5, 5.41) is 8.55. The van der Waals surface area contributed by atoms with Gasteiger partial charge in [0.25, 0.3) is 10.1 Å². The predicted molar refractivity (Wildman–Crippen MR) is 41.7 cm³/mol. The third kappa shape index (κ3) is 4.43.